The molecule has 0 aromatic heterocycles. The van der Waals surface area contributed by atoms with E-state index in [-0.39, 0.29) is 30.8 Å². The van der Waals surface area contributed by atoms with E-state index in [0.29, 0.717) is 66.5 Å². The van der Waals surface area contributed by atoms with E-state index in [1.165, 1.54) is 6.26 Å². The van der Waals surface area contributed by atoms with Crippen LogP contribution in [0.3, 0.4) is 0 Å². The van der Waals surface area contributed by atoms with Gasteiger partial charge < -0.3 is 14.7 Å². The third-order valence-corrected chi connectivity index (χ3v) is 10.2. The minimum Gasteiger partial charge on any atom is -0.493 e. The summed E-state index contributed by atoms with van der Waals surface area (Å²) in [6.45, 7) is 8.60. The average Bonchev–Trinajstić information content (AvgIpc) is 3.44. The van der Waals surface area contributed by atoms with Crippen LogP contribution < -0.4 is 4.74 Å². The van der Waals surface area contributed by atoms with Gasteiger partial charge in [0.15, 0.2) is 0 Å². The fraction of sp³-hybridized carbons (Fsp3) is 0.429. The van der Waals surface area contributed by atoms with Crippen LogP contribution in [0.1, 0.15) is 55.1 Å². The van der Waals surface area contributed by atoms with Gasteiger partial charge in [-0.3, -0.25) is 14.8 Å². The first kappa shape index (κ1) is 38.0. The second-order valence-electron chi connectivity index (χ2n) is 12.7. The number of amidine groups is 1. The lowest BCUT2D eigenvalue weighted by molar-refractivity contribution is 0.122. The molecule has 3 aromatic carbocycles. The van der Waals surface area contributed by atoms with Crippen molar-refractivity contribution in [2.45, 2.75) is 38.3 Å². The van der Waals surface area contributed by atoms with Gasteiger partial charge in [-0.15, -0.1) is 12.4 Å². The van der Waals surface area contributed by atoms with Gasteiger partial charge >= 0.3 is 6.03 Å². The molecular formula is C35H43Cl3N4O5S. The topological polar surface area (TPSA) is 103 Å². The average molecular weight is 738 g/mol. The molecule has 2 aliphatic heterocycles. The number of nitrogens with zero attached hydrogens (tertiary/aromatic N) is 4. The van der Waals surface area contributed by atoms with E-state index < -0.39 is 27.3 Å². The number of urea groups is 1. The zero-order chi connectivity index (χ0) is 33.9. The van der Waals surface area contributed by atoms with Gasteiger partial charge in [0.2, 0.25) is 0 Å². The zero-order valence-electron chi connectivity index (χ0n) is 27.6. The summed E-state index contributed by atoms with van der Waals surface area (Å²) in [5, 5.41) is 11.3. The van der Waals surface area contributed by atoms with Crippen LogP contribution in [-0.2, 0) is 15.3 Å². The summed E-state index contributed by atoms with van der Waals surface area (Å²) in [5.41, 5.74) is 2.82. The van der Waals surface area contributed by atoms with Crippen LogP contribution in [0, 0.1) is 0 Å². The van der Waals surface area contributed by atoms with E-state index in [4.69, 9.17) is 32.9 Å². The van der Waals surface area contributed by atoms with Crippen LogP contribution >= 0.6 is 35.6 Å². The first-order valence-corrected chi connectivity index (χ1v) is 18.6. The molecule has 13 heteroatoms. The molecule has 0 radical (unpaired) electrons. The Morgan fingerprint density at radius 1 is 0.958 bits per heavy atom. The monoisotopic (exact) mass is 736 g/mol. The summed E-state index contributed by atoms with van der Waals surface area (Å²) in [6.07, 6.45) is 1.24. The number of carbonyl (C=O) groups is 1. The van der Waals surface area contributed by atoms with Gasteiger partial charge in [-0.05, 0) is 60.0 Å². The number of amides is 2. The molecule has 0 unspecified atom stereocenters. The molecule has 2 atom stereocenters. The molecule has 1 fully saturated rings. The maximum Gasteiger partial charge on any atom is 0.326 e. The predicted octanol–water partition coefficient (Wildman–Crippen LogP) is 6.41. The van der Waals surface area contributed by atoms with Crippen LogP contribution in [-0.4, -0.2) is 98.0 Å². The third-order valence-electron chi connectivity index (χ3n) is 8.82. The fourth-order valence-corrected chi connectivity index (χ4v) is 6.80. The zero-order valence-corrected chi connectivity index (χ0v) is 30.7. The van der Waals surface area contributed by atoms with Gasteiger partial charge in [-0.2, -0.15) is 0 Å². The molecular weight excluding hydrogens is 695 g/mol. The Labute approximate surface area is 299 Å². The Kier molecular flexibility index (Phi) is 12.5. The molecule has 2 amide bonds. The minimum absolute atomic E-state index is 0. The van der Waals surface area contributed by atoms with E-state index in [1.807, 2.05) is 92.4 Å². The lowest BCUT2D eigenvalue weighted by atomic mass is 9.85. The smallest absolute Gasteiger partial charge is 0.326 e. The molecule has 3 aromatic rings. The fourth-order valence-electron chi connectivity index (χ4n) is 5.96. The number of hydrogen-bond acceptors (Lipinski definition) is 7. The Bertz CT molecular complexity index is 1710. The molecule has 9 nitrogen and oxygen atoms in total. The van der Waals surface area contributed by atoms with Crippen LogP contribution in [0.5, 0.6) is 5.75 Å². The van der Waals surface area contributed by atoms with Crippen molar-refractivity contribution in [1.82, 2.24) is 14.7 Å². The highest BCUT2D eigenvalue weighted by molar-refractivity contribution is 7.90. The Balaban J connectivity index is 0.00000520. The Hall–Kier alpha value is -2.86. The second kappa shape index (κ2) is 15.8. The number of benzene rings is 3. The quantitative estimate of drug-likeness (QED) is 0.258. The largest absolute Gasteiger partial charge is 0.493 e. The van der Waals surface area contributed by atoms with Crippen LogP contribution in [0.25, 0.3) is 0 Å². The summed E-state index contributed by atoms with van der Waals surface area (Å²) in [7, 11) is -3.09. The van der Waals surface area contributed by atoms with Crippen LogP contribution in [0.2, 0.25) is 10.0 Å². The Morgan fingerprint density at radius 3 is 2.08 bits per heavy atom. The summed E-state index contributed by atoms with van der Waals surface area (Å²) in [4.78, 5) is 25.7. The highest BCUT2D eigenvalue weighted by atomic mass is 35.5. The van der Waals surface area contributed by atoms with Gasteiger partial charge in [0, 0.05) is 54.4 Å². The maximum atomic E-state index is 14.8. The van der Waals surface area contributed by atoms with Gasteiger partial charge in [0.25, 0.3) is 0 Å². The number of aliphatic imine (C=N–C) groups is 1. The van der Waals surface area contributed by atoms with Crippen LogP contribution in [0.15, 0.2) is 71.7 Å². The van der Waals surface area contributed by atoms with Crippen molar-refractivity contribution in [2.75, 3.05) is 57.9 Å². The van der Waals surface area contributed by atoms with E-state index >= 15 is 0 Å². The molecule has 1 saturated heterocycles. The highest BCUT2D eigenvalue weighted by Crippen LogP contribution is 2.46. The molecule has 0 saturated carbocycles. The number of sulfone groups is 1. The van der Waals surface area contributed by atoms with Crippen molar-refractivity contribution in [3.05, 3.63) is 99.0 Å². The van der Waals surface area contributed by atoms with Gasteiger partial charge in [0.1, 0.15) is 27.5 Å². The number of carbonyl (C=O) groups excluding carboxylic acids is 1. The number of halogens is 3. The molecule has 260 valence electrons. The highest BCUT2D eigenvalue weighted by Gasteiger charge is 2.45. The first-order chi connectivity index (χ1) is 22.3. The number of aliphatic hydroxyl groups excluding tert-OH is 1. The van der Waals surface area contributed by atoms with E-state index in [0.717, 1.165) is 16.7 Å². The lowest BCUT2D eigenvalue weighted by Crippen LogP contribution is -2.54. The van der Waals surface area contributed by atoms with Gasteiger partial charge in [-0.25, -0.2) is 13.2 Å². The molecule has 5 rings (SSSR count). The number of hydrogen-bond donors (Lipinski definition) is 1. The van der Waals surface area contributed by atoms with Gasteiger partial charge in [-0.1, -0.05) is 67.4 Å². The van der Waals surface area contributed by atoms with E-state index in [1.54, 1.807) is 4.90 Å². The predicted molar refractivity (Wildman–Crippen MR) is 195 cm³/mol. The number of ether oxygens (including phenoxy) is 1. The SMILES string of the molecule is CCOc1cc(C(C)(C)CO)ccc1C1=N[C@@H](c2ccc(Cl)cc2)[C@@H](c2ccc(Cl)cc2)N1C(=O)N1CCN(CCS(C)(=O)=O)CC1.Cl. The second-order valence-corrected chi connectivity index (χ2v) is 15.9. The standard InChI is InChI=1S/C35H42Cl2N4O5S.ClH/c1-5-46-30-22-26(35(2,3)23-42)10-15-29(30)33-38-31(24-6-11-27(36)12-7-24)32(25-8-13-28(37)14-9-25)41(33)34(43)40-18-16-39(17-19-40)20-21-47(4,44)45;/h6-15,22,31-32,42H,5,16-21,23H2,1-4H3;1H/t31-,32+;/m0./s1. The number of rotatable bonds is 10. The van der Waals surface area contributed by atoms with Crippen LogP contribution in [0.4, 0.5) is 4.79 Å². The normalized spacial score (nSPS) is 18.8. The van der Waals surface area contributed by atoms with Crippen molar-refractivity contribution in [2.24, 2.45) is 4.99 Å². The molecule has 2 heterocycles. The summed E-state index contributed by atoms with van der Waals surface area (Å²) in [5.74, 6) is 1.13. The maximum absolute atomic E-state index is 14.8. The first-order valence-electron chi connectivity index (χ1n) is 15.8. The molecule has 48 heavy (non-hydrogen) atoms. The molecule has 0 spiro atoms. The van der Waals surface area contributed by atoms with Crippen molar-refractivity contribution in [3.8, 4) is 5.75 Å². The minimum atomic E-state index is -3.09. The molecule has 0 aliphatic carbocycles. The number of piperazine rings is 1. The van der Waals surface area contributed by atoms with Crippen molar-refractivity contribution < 1.29 is 23.1 Å². The molecule has 2 aliphatic rings. The van der Waals surface area contributed by atoms with Gasteiger partial charge in [0.05, 0.1) is 30.6 Å². The van der Waals surface area contributed by atoms with Crippen molar-refractivity contribution in [3.63, 3.8) is 0 Å². The Morgan fingerprint density at radius 2 is 1.54 bits per heavy atom. The molecule has 1 N–H and O–H groups in total. The molecule has 0 bridgehead atoms. The summed E-state index contributed by atoms with van der Waals surface area (Å²) < 4.78 is 29.7. The summed E-state index contributed by atoms with van der Waals surface area (Å²) >= 11 is 12.6. The third kappa shape index (κ3) is 8.64. The van der Waals surface area contributed by atoms with E-state index in [9.17, 15) is 18.3 Å². The number of aliphatic hydroxyl groups is 1. The lowest BCUT2D eigenvalue weighted by Gasteiger charge is -2.39. The summed E-state index contributed by atoms with van der Waals surface area (Å²) in [6, 6.07) is 19.6. The van der Waals surface area contributed by atoms with Crippen molar-refractivity contribution in [1.29, 1.82) is 0 Å². The van der Waals surface area contributed by atoms with E-state index in [2.05, 4.69) is 4.90 Å². The van der Waals surface area contributed by atoms with Crippen molar-refractivity contribution >= 4 is 57.3 Å².